The first kappa shape index (κ1) is 17.1. The molecule has 0 saturated heterocycles. The summed E-state index contributed by atoms with van der Waals surface area (Å²) in [7, 11) is 0. The van der Waals surface area contributed by atoms with Gasteiger partial charge < -0.3 is 14.3 Å². The van der Waals surface area contributed by atoms with E-state index in [0.29, 0.717) is 23.2 Å². The van der Waals surface area contributed by atoms with E-state index in [2.05, 4.69) is 0 Å². The third-order valence-electron chi connectivity index (χ3n) is 4.35. The van der Waals surface area contributed by atoms with Gasteiger partial charge in [0.05, 0.1) is 6.61 Å². The Hall–Kier alpha value is -2.75. The average Bonchev–Trinajstić information content (AvgIpc) is 2.98. The smallest absolute Gasteiger partial charge is 0.177 e. The van der Waals surface area contributed by atoms with Crippen molar-refractivity contribution in [2.45, 2.75) is 27.7 Å². The fourth-order valence-corrected chi connectivity index (χ4v) is 3.04. The highest BCUT2D eigenvalue weighted by molar-refractivity contribution is 5.84. The fourth-order valence-electron chi connectivity index (χ4n) is 3.04. The Bertz CT molecular complexity index is 1060. The molecular formula is C21H21FO3. The van der Waals surface area contributed by atoms with Gasteiger partial charge in [0.1, 0.15) is 17.1 Å². The maximum atomic E-state index is 13.6. The topological polar surface area (TPSA) is 42.6 Å². The van der Waals surface area contributed by atoms with Gasteiger partial charge in [-0.2, -0.15) is 0 Å². The van der Waals surface area contributed by atoms with E-state index in [-0.39, 0.29) is 5.76 Å². The molecule has 0 atom stereocenters. The normalized spacial score (nSPS) is 13.4. The summed E-state index contributed by atoms with van der Waals surface area (Å²) in [5.41, 5.74) is 3.06. The lowest BCUT2D eigenvalue weighted by Crippen LogP contribution is -2.23. The molecule has 2 aromatic carbocycles. The van der Waals surface area contributed by atoms with Crippen LogP contribution in [0.5, 0.6) is 5.75 Å². The molecular weight excluding hydrogens is 319 g/mol. The van der Waals surface area contributed by atoms with Gasteiger partial charge in [0.25, 0.3) is 0 Å². The third-order valence-corrected chi connectivity index (χ3v) is 4.35. The molecule has 0 aliphatic heterocycles. The number of rotatable bonds is 3. The van der Waals surface area contributed by atoms with Gasteiger partial charge in [-0.05, 0) is 57.5 Å². The van der Waals surface area contributed by atoms with Gasteiger partial charge in [0, 0.05) is 21.7 Å². The Balaban J connectivity index is 2.40. The minimum Gasteiger partial charge on any atom is -0.504 e. The lowest BCUT2D eigenvalue weighted by atomic mass is 10.1. The van der Waals surface area contributed by atoms with Crippen LogP contribution in [0.4, 0.5) is 4.39 Å². The Kier molecular flexibility index (Phi) is 4.53. The molecule has 0 spiro atoms. The average molecular weight is 340 g/mol. The van der Waals surface area contributed by atoms with Gasteiger partial charge in [-0.3, -0.25) is 0 Å². The van der Waals surface area contributed by atoms with Crippen LogP contribution < -0.4 is 15.4 Å². The van der Waals surface area contributed by atoms with Crippen molar-refractivity contribution >= 4 is 22.8 Å². The van der Waals surface area contributed by atoms with Crippen molar-refractivity contribution in [3.63, 3.8) is 0 Å². The molecule has 4 heteroatoms. The second-order valence-electron chi connectivity index (χ2n) is 5.94. The number of halogens is 1. The number of aliphatic hydroxyl groups excluding tert-OH is 1. The van der Waals surface area contributed by atoms with E-state index >= 15 is 0 Å². The molecule has 1 aromatic heterocycles. The van der Waals surface area contributed by atoms with Crippen LogP contribution in [0, 0.1) is 19.7 Å². The molecule has 0 radical (unpaired) electrons. The predicted octanol–water partition coefficient (Wildman–Crippen LogP) is 4.10. The van der Waals surface area contributed by atoms with Gasteiger partial charge in [0.2, 0.25) is 0 Å². The van der Waals surface area contributed by atoms with Crippen molar-refractivity contribution in [1.82, 2.24) is 0 Å². The first-order valence-corrected chi connectivity index (χ1v) is 8.29. The molecule has 0 aliphatic carbocycles. The third kappa shape index (κ3) is 2.88. The summed E-state index contributed by atoms with van der Waals surface area (Å²) in [5, 5.41) is 12.4. The Morgan fingerprint density at radius 1 is 1.24 bits per heavy atom. The SMILES string of the molecule is CC=c1/c(=C(/O)c2cc(F)ccc2C)oc2c(C)c(OCC)ccc12. The predicted molar refractivity (Wildman–Crippen MR) is 97.8 cm³/mol. The highest BCUT2D eigenvalue weighted by Crippen LogP contribution is 2.25. The molecule has 1 heterocycles. The highest BCUT2D eigenvalue weighted by atomic mass is 19.1. The van der Waals surface area contributed by atoms with Gasteiger partial charge in [-0.1, -0.05) is 12.1 Å². The first-order chi connectivity index (χ1) is 12.0. The van der Waals surface area contributed by atoms with Crippen LogP contribution >= 0.6 is 0 Å². The second kappa shape index (κ2) is 6.63. The lowest BCUT2D eigenvalue weighted by Gasteiger charge is -2.06. The number of aryl methyl sites for hydroxylation is 2. The molecule has 130 valence electrons. The molecule has 0 aliphatic rings. The first-order valence-electron chi connectivity index (χ1n) is 8.29. The molecule has 1 N–H and O–H groups in total. The molecule has 3 rings (SSSR count). The molecule has 0 bridgehead atoms. The number of aliphatic hydroxyl groups is 1. The van der Waals surface area contributed by atoms with Crippen molar-refractivity contribution in [2.75, 3.05) is 6.61 Å². The van der Waals surface area contributed by atoms with Crippen molar-refractivity contribution in [3.05, 3.63) is 63.5 Å². The highest BCUT2D eigenvalue weighted by Gasteiger charge is 2.14. The minimum atomic E-state index is -0.403. The Labute approximate surface area is 145 Å². The second-order valence-corrected chi connectivity index (χ2v) is 5.94. The molecule has 0 saturated carbocycles. The maximum Gasteiger partial charge on any atom is 0.177 e. The van der Waals surface area contributed by atoms with E-state index < -0.39 is 5.82 Å². The molecule has 0 unspecified atom stereocenters. The summed E-state index contributed by atoms with van der Waals surface area (Å²) >= 11 is 0. The quantitative estimate of drug-likeness (QED) is 0.780. The molecule has 0 amide bonds. The number of hydrogen-bond acceptors (Lipinski definition) is 3. The summed E-state index contributed by atoms with van der Waals surface area (Å²) in [6.07, 6.45) is 1.88. The zero-order chi connectivity index (χ0) is 18.1. The molecule has 25 heavy (non-hydrogen) atoms. The van der Waals surface area contributed by atoms with Crippen LogP contribution in [0.2, 0.25) is 0 Å². The number of fused-ring (bicyclic) bond motifs is 1. The van der Waals surface area contributed by atoms with Gasteiger partial charge in [0.15, 0.2) is 11.2 Å². The van der Waals surface area contributed by atoms with E-state index in [9.17, 15) is 9.50 Å². The number of hydrogen-bond donors (Lipinski definition) is 1. The fraction of sp³-hybridized carbons (Fsp3) is 0.238. The van der Waals surface area contributed by atoms with Gasteiger partial charge >= 0.3 is 0 Å². The molecule has 3 aromatic rings. The Morgan fingerprint density at radius 3 is 2.68 bits per heavy atom. The van der Waals surface area contributed by atoms with E-state index in [4.69, 9.17) is 9.15 Å². The summed E-state index contributed by atoms with van der Waals surface area (Å²) in [6, 6.07) is 8.14. The zero-order valence-electron chi connectivity index (χ0n) is 14.8. The summed E-state index contributed by atoms with van der Waals surface area (Å²) in [6.45, 7) is 8.11. The standard InChI is InChI=1S/C21H21FO3/c1-5-15-16-9-10-18(24-6-2)13(4)20(16)25-21(15)19(23)17-11-14(22)8-7-12(17)3/h5,7-11,23H,6H2,1-4H3/b15-5?,21-19-. The summed E-state index contributed by atoms with van der Waals surface area (Å²) in [5.74, 6) is 0.276. The van der Waals surface area contributed by atoms with Crippen molar-refractivity contribution < 1.29 is 18.7 Å². The van der Waals surface area contributed by atoms with Crippen molar-refractivity contribution in [1.29, 1.82) is 0 Å². The zero-order valence-corrected chi connectivity index (χ0v) is 14.8. The van der Waals surface area contributed by atoms with E-state index in [1.165, 1.54) is 12.1 Å². The number of furan rings is 1. The van der Waals surface area contributed by atoms with E-state index in [0.717, 1.165) is 27.5 Å². The van der Waals surface area contributed by atoms with Gasteiger partial charge in [-0.15, -0.1) is 0 Å². The summed E-state index contributed by atoms with van der Waals surface area (Å²) < 4.78 is 25.2. The molecule has 3 nitrogen and oxygen atoms in total. The largest absolute Gasteiger partial charge is 0.504 e. The van der Waals surface area contributed by atoms with Crippen LogP contribution in [-0.2, 0) is 0 Å². The van der Waals surface area contributed by atoms with Crippen LogP contribution in [0.15, 0.2) is 34.7 Å². The molecule has 0 fully saturated rings. The minimum absolute atomic E-state index is 0.0707. The number of ether oxygens (including phenoxy) is 1. The van der Waals surface area contributed by atoms with E-state index in [1.807, 2.05) is 45.9 Å². The monoisotopic (exact) mass is 340 g/mol. The van der Waals surface area contributed by atoms with Crippen LogP contribution in [0.25, 0.3) is 22.8 Å². The van der Waals surface area contributed by atoms with E-state index in [1.54, 1.807) is 6.07 Å². The Morgan fingerprint density at radius 2 is 2.00 bits per heavy atom. The van der Waals surface area contributed by atoms with Crippen LogP contribution in [-0.4, -0.2) is 11.7 Å². The van der Waals surface area contributed by atoms with Crippen LogP contribution in [0.3, 0.4) is 0 Å². The van der Waals surface area contributed by atoms with Crippen molar-refractivity contribution in [3.8, 4) is 5.75 Å². The summed E-state index contributed by atoms with van der Waals surface area (Å²) in [4.78, 5) is 0. The van der Waals surface area contributed by atoms with Crippen molar-refractivity contribution in [2.24, 2.45) is 0 Å². The van der Waals surface area contributed by atoms with Gasteiger partial charge in [-0.25, -0.2) is 4.39 Å². The van der Waals surface area contributed by atoms with Crippen LogP contribution in [0.1, 0.15) is 30.5 Å². The number of benzene rings is 2. The maximum absolute atomic E-state index is 13.6. The lowest BCUT2D eigenvalue weighted by molar-refractivity contribution is 0.337.